The van der Waals surface area contributed by atoms with E-state index in [4.69, 9.17) is 9.84 Å². The minimum absolute atomic E-state index is 0.0525. The molecule has 0 radical (unpaired) electrons. The average molecular weight is 326 g/mol. The first-order valence-corrected chi connectivity index (χ1v) is 9.47. The predicted molar refractivity (Wildman–Crippen MR) is 91.2 cm³/mol. The molecule has 0 amide bonds. The van der Waals surface area contributed by atoms with Gasteiger partial charge in [-0.3, -0.25) is 9.59 Å². The van der Waals surface area contributed by atoms with Gasteiger partial charge in [-0.05, 0) is 39.0 Å². The van der Waals surface area contributed by atoms with Gasteiger partial charge < -0.3 is 9.84 Å². The molecule has 1 rings (SSSR count). The molecular weight excluding hydrogens is 292 g/mol. The summed E-state index contributed by atoms with van der Waals surface area (Å²) in [6.45, 7) is 4.17. The maximum absolute atomic E-state index is 12.2. The Morgan fingerprint density at radius 3 is 2.30 bits per heavy atom. The zero-order valence-electron chi connectivity index (χ0n) is 14.9. The van der Waals surface area contributed by atoms with Crippen molar-refractivity contribution in [1.82, 2.24) is 0 Å². The lowest BCUT2D eigenvalue weighted by Crippen LogP contribution is -2.30. The van der Waals surface area contributed by atoms with Gasteiger partial charge >= 0.3 is 11.9 Å². The van der Waals surface area contributed by atoms with Crippen molar-refractivity contribution in [3.05, 3.63) is 0 Å². The lowest BCUT2D eigenvalue weighted by atomic mass is 9.81. The molecule has 0 aromatic heterocycles. The van der Waals surface area contributed by atoms with Crippen molar-refractivity contribution < 1.29 is 19.4 Å². The number of ether oxygens (including phenoxy) is 1. The van der Waals surface area contributed by atoms with Crippen LogP contribution in [0.2, 0.25) is 0 Å². The van der Waals surface area contributed by atoms with Gasteiger partial charge in [-0.25, -0.2) is 0 Å². The summed E-state index contributed by atoms with van der Waals surface area (Å²) in [4.78, 5) is 23.2. The van der Waals surface area contributed by atoms with E-state index in [-0.39, 0.29) is 23.9 Å². The number of carbonyl (C=O) groups is 2. The fraction of sp³-hybridized carbons (Fsp3) is 0.895. The Bertz CT molecular complexity index is 353. The van der Waals surface area contributed by atoms with Gasteiger partial charge in [0.05, 0.1) is 17.9 Å². The number of aliphatic carboxylic acids is 1. The number of esters is 1. The SMILES string of the molecule is CCCCCCCCCC(C)OC(=O)C1CCCC(C(=O)O)C1. The molecule has 23 heavy (non-hydrogen) atoms. The lowest BCUT2D eigenvalue weighted by molar-refractivity contribution is -0.156. The molecule has 0 heterocycles. The highest BCUT2D eigenvalue weighted by Crippen LogP contribution is 2.30. The van der Waals surface area contributed by atoms with E-state index in [0.717, 1.165) is 25.7 Å². The zero-order chi connectivity index (χ0) is 17.1. The van der Waals surface area contributed by atoms with Crippen LogP contribution in [-0.2, 0) is 14.3 Å². The summed E-state index contributed by atoms with van der Waals surface area (Å²) < 4.78 is 5.53. The Kier molecular flexibility index (Phi) is 9.97. The van der Waals surface area contributed by atoms with Crippen LogP contribution in [-0.4, -0.2) is 23.1 Å². The van der Waals surface area contributed by atoms with Gasteiger partial charge in [-0.15, -0.1) is 0 Å². The van der Waals surface area contributed by atoms with Crippen molar-refractivity contribution in [1.29, 1.82) is 0 Å². The van der Waals surface area contributed by atoms with E-state index in [1.807, 2.05) is 6.92 Å². The van der Waals surface area contributed by atoms with Crippen molar-refractivity contribution in [2.24, 2.45) is 11.8 Å². The Hall–Kier alpha value is -1.06. The van der Waals surface area contributed by atoms with Crippen LogP contribution in [0.4, 0.5) is 0 Å². The van der Waals surface area contributed by atoms with Crippen LogP contribution in [0.5, 0.6) is 0 Å². The van der Waals surface area contributed by atoms with Gasteiger partial charge in [-0.1, -0.05) is 51.9 Å². The molecule has 0 aromatic carbocycles. The molecular formula is C19H34O4. The third-order valence-electron chi connectivity index (χ3n) is 4.89. The molecule has 1 aliphatic carbocycles. The highest BCUT2D eigenvalue weighted by Gasteiger charge is 2.32. The van der Waals surface area contributed by atoms with Crippen LogP contribution < -0.4 is 0 Å². The minimum atomic E-state index is -0.779. The van der Waals surface area contributed by atoms with E-state index in [1.165, 1.54) is 38.5 Å². The van der Waals surface area contributed by atoms with Crippen molar-refractivity contribution in [3.63, 3.8) is 0 Å². The Morgan fingerprint density at radius 1 is 1.04 bits per heavy atom. The Labute approximate surface area is 141 Å². The summed E-state index contributed by atoms with van der Waals surface area (Å²) in [5.41, 5.74) is 0. The number of carboxylic acid groups (broad SMARTS) is 1. The van der Waals surface area contributed by atoms with Crippen LogP contribution in [0.3, 0.4) is 0 Å². The number of hydrogen-bond acceptors (Lipinski definition) is 3. The number of carboxylic acids is 1. The third-order valence-corrected chi connectivity index (χ3v) is 4.89. The molecule has 0 spiro atoms. The summed E-state index contributed by atoms with van der Waals surface area (Å²) in [5.74, 6) is -1.56. The first-order valence-electron chi connectivity index (χ1n) is 9.47. The molecule has 1 aliphatic rings. The van der Waals surface area contributed by atoms with Crippen LogP contribution in [0.15, 0.2) is 0 Å². The quantitative estimate of drug-likeness (QED) is 0.431. The number of rotatable bonds is 11. The maximum atomic E-state index is 12.2. The normalized spacial score (nSPS) is 22.5. The van der Waals surface area contributed by atoms with Gasteiger partial charge in [0.1, 0.15) is 0 Å². The van der Waals surface area contributed by atoms with Gasteiger partial charge in [0, 0.05) is 0 Å². The predicted octanol–water partition coefficient (Wildman–Crippen LogP) is 4.95. The van der Waals surface area contributed by atoms with E-state index >= 15 is 0 Å². The number of unbranched alkanes of at least 4 members (excludes halogenated alkanes) is 6. The molecule has 0 aromatic rings. The smallest absolute Gasteiger partial charge is 0.309 e. The minimum Gasteiger partial charge on any atom is -0.481 e. The van der Waals surface area contributed by atoms with E-state index in [0.29, 0.717) is 12.8 Å². The molecule has 134 valence electrons. The first-order chi connectivity index (χ1) is 11.0. The second kappa shape index (κ2) is 11.5. The van der Waals surface area contributed by atoms with Crippen molar-refractivity contribution in [3.8, 4) is 0 Å². The van der Waals surface area contributed by atoms with Crippen LogP contribution >= 0.6 is 0 Å². The molecule has 4 nitrogen and oxygen atoms in total. The molecule has 3 unspecified atom stereocenters. The highest BCUT2D eigenvalue weighted by atomic mass is 16.5. The molecule has 1 N–H and O–H groups in total. The average Bonchev–Trinajstić information content (AvgIpc) is 2.54. The monoisotopic (exact) mass is 326 g/mol. The van der Waals surface area contributed by atoms with E-state index in [2.05, 4.69) is 6.92 Å². The third kappa shape index (κ3) is 8.38. The second-order valence-electron chi connectivity index (χ2n) is 7.06. The lowest BCUT2D eigenvalue weighted by Gasteiger charge is -2.26. The van der Waals surface area contributed by atoms with E-state index in [9.17, 15) is 9.59 Å². The maximum Gasteiger partial charge on any atom is 0.309 e. The molecule has 1 fully saturated rings. The zero-order valence-corrected chi connectivity index (χ0v) is 14.9. The van der Waals surface area contributed by atoms with E-state index in [1.54, 1.807) is 0 Å². The molecule has 4 heteroatoms. The number of carbonyl (C=O) groups excluding carboxylic acids is 1. The first kappa shape index (κ1) is 20.0. The molecule has 1 saturated carbocycles. The van der Waals surface area contributed by atoms with Gasteiger partial charge in [0.25, 0.3) is 0 Å². The van der Waals surface area contributed by atoms with Crippen molar-refractivity contribution in [2.45, 2.75) is 97.0 Å². The second-order valence-corrected chi connectivity index (χ2v) is 7.06. The fourth-order valence-electron chi connectivity index (χ4n) is 3.37. The van der Waals surface area contributed by atoms with Gasteiger partial charge in [0.2, 0.25) is 0 Å². The topological polar surface area (TPSA) is 63.6 Å². The fourth-order valence-corrected chi connectivity index (χ4v) is 3.37. The van der Waals surface area contributed by atoms with E-state index < -0.39 is 5.97 Å². The van der Waals surface area contributed by atoms with Crippen molar-refractivity contribution in [2.75, 3.05) is 0 Å². The summed E-state index contributed by atoms with van der Waals surface area (Å²) in [7, 11) is 0. The summed E-state index contributed by atoms with van der Waals surface area (Å²) in [5, 5.41) is 9.09. The number of hydrogen-bond donors (Lipinski definition) is 1. The molecule has 0 saturated heterocycles. The van der Waals surface area contributed by atoms with Gasteiger partial charge in [-0.2, -0.15) is 0 Å². The Balaban J connectivity index is 2.14. The van der Waals surface area contributed by atoms with Crippen molar-refractivity contribution >= 4 is 11.9 Å². The van der Waals surface area contributed by atoms with Crippen LogP contribution in [0.1, 0.15) is 90.9 Å². The molecule has 0 aliphatic heterocycles. The van der Waals surface area contributed by atoms with Crippen LogP contribution in [0, 0.1) is 11.8 Å². The molecule has 0 bridgehead atoms. The van der Waals surface area contributed by atoms with Crippen LogP contribution in [0.25, 0.3) is 0 Å². The standard InChI is InChI=1S/C19H34O4/c1-3-4-5-6-7-8-9-11-15(2)23-19(22)17-13-10-12-16(14-17)18(20)21/h15-17H,3-14H2,1-2H3,(H,20,21). The summed E-state index contributed by atoms with van der Waals surface area (Å²) >= 11 is 0. The largest absolute Gasteiger partial charge is 0.481 e. The highest BCUT2D eigenvalue weighted by molar-refractivity contribution is 5.75. The summed E-state index contributed by atoms with van der Waals surface area (Å²) in [6, 6.07) is 0. The Morgan fingerprint density at radius 2 is 1.65 bits per heavy atom. The summed E-state index contributed by atoms with van der Waals surface area (Å²) in [6.07, 6.45) is 12.4. The van der Waals surface area contributed by atoms with Gasteiger partial charge in [0.15, 0.2) is 0 Å². The molecule has 3 atom stereocenters.